The Morgan fingerprint density at radius 1 is 0.935 bits per heavy atom. The third kappa shape index (κ3) is 4.29. The van der Waals surface area contributed by atoms with Crippen LogP contribution in [0.1, 0.15) is 22.3 Å². The van der Waals surface area contributed by atoms with E-state index in [-0.39, 0.29) is 29.3 Å². The van der Waals surface area contributed by atoms with Crippen molar-refractivity contribution in [1.29, 1.82) is 0 Å². The fourth-order valence-corrected chi connectivity index (χ4v) is 2.82. The monoisotopic (exact) mass is 437 g/mol. The normalized spacial score (nSPS) is 13.1. The number of ether oxygens (including phenoxy) is 1. The zero-order chi connectivity index (χ0) is 22.9. The molecule has 0 spiro atoms. The summed E-state index contributed by atoms with van der Waals surface area (Å²) >= 11 is 0. The van der Waals surface area contributed by atoms with Crippen LogP contribution in [0.2, 0.25) is 0 Å². The number of esters is 1. The summed E-state index contributed by atoms with van der Waals surface area (Å²) in [6.45, 7) is 0. The number of carboxylic acid groups (broad SMARTS) is 1. The molecule has 0 radical (unpaired) electrons. The molecule has 0 aromatic heterocycles. The molecule has 2 aromatic rings. The van der Waals surface area contributed by atoms with Gasteiger partial charge in [0, 0.05) is 18.2 Å². The summed E-state index contributed by atoms with van der Waals surface area (Å²) in [6, 6.07) is 3.52. The Balaban J connectivity index is 1.77. The van der Waals surface area contributed by atoms with E-state index in [1.54, 1.807) is 0 Å². The molecule has 7 nitrogen and oxygen atoms in total. The molecule has 1 N–H and O–H groups in total. The van der Waals surface area contributed by atoms with Gasteiger partial charge in [0.25, 0.3) is 11.8 Å². The summed E-state index contributed by atoms with van der Waals surface area (Å²) in [6.07, 6.45) is 1.14. The first-order valence-corrected chi connectivity index (χ1v) is 8.56. The number of carbonyl (C=O) groups excluding carboxylic acids is 3. The highest BCUT2D eigenvalue weighted by atomic mass is 19.2. The molecule has 11 heteroatoms. The van der Waals surface area contributed by atoms with E-state index in [1.807, 2.05) is 0 Å². The highest BCUT2D eigenvalue weighted by molar-refractivity contribution is 6.28. The molecule has 0 saturated heterocycles. The van der Waals surface area contributed by atoms with Gasteiger partial charge < -0.3 is 9.84 Å². The van der Waals surface area contributed by atoms with E-state index in [4.69, 9.17) is 0 Å². The van der Waals surface area contributed by atoms with E-state index in [1.165, 1.54) is 12.1 Å². The van der Waals surface area contributed by atoms with Crippen LogP contribution in [-0.4, -0.2) is 28.9 Å². The number of nitrogens with zero attached hydrogens (tertiary/aromatic N) is 1. The predicted molar refractivity (Wildman–Crippen MR) is 95.3 cm³/mol. The van der Waals surface area contributed by atoms with Crippen molar-refractivity contribution in [2.45, 2.75) is 12.8 Å². The lowest BCUT2D eigenvalue weighted by molar-refractivity contribution is -0.134. The number of carbonyl (C=O) groups is 4. The van der Waals surface area contributed by atoms with Crippen LogP contribution in [0.3, 0.4) is 0 Å². The van der Waals surface area contributed by atoms with Crippen LogP contribution in [0.25, 0.3) is 0 Å². The number of rotatable bonds is 6. The van der Waals surface area contributed by atoms with Crippen molar-refractivity contribution in [3.63, 3.8) is 0 Å². The van der Waals surface area contributed by atoms with Crippen molar-refractivity contribution < 1.29 is 46.6 Å². The Hall–Kier alpha value is -4.02. The second-order valence-electron chi connectivity index (χ2n) is 6.26. The molecular weight excluding hydrogens is 426 g/mol. The molecule has 0 aliphatic carbocycles. The topological polar surface area (TPSA) is 101 Å². The molecule has 160 valence electrons. The maximum atomic E-state index is 13.6. The van der Waals surface area contributed by atoms with Gasteiger partial charge in [-0.2, -0.15) is 8.78 Å². The lowest BCUT2D eigenvalue weighted by atomic mass is 10.0. The summed E-state index contributed by atoms with van der Waals surface area (Å²) in [4.78, 5) is 47.7. The first-order valence-electron chi connectivity index (χ1n) is 8.56. The van der Waals surface area contributed by atoms with Crippen molar-refractivity contribution in [2.75, 3.05) is 4.90 Å². The molecule has 1 aliphatic heterocycles. The Kier molecular flexibility index (Phi) is 5.86. The number of aryl methyl sites for hydroxylation is 1. The Morgan fingerprint density at radius 3 is 2.06 bits per heavy atom. The quantitative estimate of drug-likeness (QED) is 0.245. The largest absolute Gasteiger partial charge is 0.478 e. The van der Waals surface area contributed by atoms with Crippen LogP contribution in [-0.2, 0) is 20.8 Å². The maximum Gasteiger partial charge on any atom is 0.336 e. The second-order valence-corrected chi connectivity index (χ2v) is 6.26. The van der Waals surface area contributed by atoms with E-state index in [9.17, 15) is 41.8 Å². The van der Waals surface area contributed by atoms with E-state index < -0.39 is 59.2 Å². The average Bonchev–Trinajstić information content (AvgIpc) is 3.06. The van der Waals surface area contributed by atoms with E-state index in [0.717, 1.165) is 23.1 Å². The van der Waals surface area contributed by atoms with Gasteiger partial charge in [-0.25, -0.2) is 18.5 Å². The number of hydrogen-bond donors (Lipinski definition) is 1. The lowest BCUT2D eigenvalue weighted by Gasteiger charge is -2.16. The Morgan fingerprint density at radius 2 is 1.52 bits per heavy atom. The molecule has 1 aliphatic rings. The molecule has 0 unspecified atom stereocenters. The van der Waals surface area contributed by atoms with Crippen LogP contribution in [0, 0.1) is 23.3 Å². The maximum absolute atomic E-state index is 13.6. The number of benzene rings is 2. The third-order valence-electron chi connectivity index (χ3n) is 4.28. The van der Waals surface area contributed by atoms with Crippen LogP contribution in [0.4, 0.5) is 23.2 Å². The molecule has 2 amide bonds. The summed E-state index contributed by atoms with van der Waals surface area (Å²) in [5.41, 5.74) is -0.276. The molecule has 0 atom stereocenters. The van der Waals surface area contributed by atoms with E-state index in [0.29, 0.717) is 0 Å². The molecule has 2 aromatic carbocycles. The molecule has 3 rings (SSSR count). The van der Waals surface area contributed by atoms with Gasteiger partial charge in [0.15, 0.2) is 11.6 Å². The number of hydrogen-bond acceptors (Lipinski definition) is 5. The minimum atomic E-state index is -1.89. The molecule has 31 heavy (non-hydrogen) atoms. The minimum Gasteiger partial charge on any atom is -0.478 e. The van der Waals surface area contributed by atoms with Gasteiger partial charge in [-0.1, -0.05) is 6.07 Å². The van der Waals surface area contributed by atoms with Gasteiger partial charge in [-0.15, -0.1) is 0 Å². The van der Waals surface area contributed by atoms with Gasteiger partial charge in [0.2, 0.25) is 17.4 Å². The average molecular weight is 437 g/mol. The first kappa shape index (κ1) is 21.7. The van der Waals surface area contributed by atoms with E-state index in [2.05, 4.69) is 4.74 Å². The Bertz CT molecular complexity index is 1120. The Labute approximate surface area is 171 Å². The van der Waals surface area contributed by atoms with Crippen molar-refractivity contribution in [3.05, 3.63) is 70.8 Å². The van der Waals surface area contributed by atoms with Gasteiger partial charge in [0.05, 0.1) is 17.7 Å². The van der Waals surface area contributed by atoms with E-state index >= 15 is 0 Å². The van der Waals surface area contributed by atoms with Gasteiger partial charge in [-0.3, -0.25) is 14.4 Å². The third-order valence-corrected chi connectivity index (χ3v) is 4.28. The highest BCUT2D eigenvalue weighted by Crippen LogP contribution is 2.27. The predicted octanol–water partition coefficient (Wildman–Crippen LogP) is 2.91. The number of imide groups is 1. The summed E-state index contributed by atoms with van der Waals surface area (Å²) in [5, 5.41) is 9.40. The van der Waals surface area contributed by atoms with Crippen LogP contribution >= 0.6 is 0 Å². The number of halogens is 4. The van der Waals surface area contributed by atoms with Crippen molar-refractivity contribution in [1.82, 2.24) is 0 Å². The fourth-order valence-electron chi connectivity index (χ4n) is 2.82. The molecule has 0 bridgehead atoms. The lowest BCUT2D eigenvalue weighted by Crippen LogP contribution is -2.29. The molecular formula is C20H11F4NO6. The highest BCUT2D eigenvalue weighted by Gasteiger charge is 2.27. The van der Waals surface area contributed by atoms with Crippen LogP contribution in [0.5, 0.6) is 5.75 Å². The number of carboxylic acids is 1. The molecule has 1 heterocycles. The van der Waals surface area contributed by atoms with Gasteiger partial charge in [-0.05, 0) is 24.1 Å². The smallest absolute Gasteiger partial charge is 0.336 e. The summed E-state index contributed by atoms with van der Waals surface area (Å²) < 4.78 is 57.9. The minimum absolute atomic E-state index is 0.0110. The zero-order valence-electron chi connectivity index (χ0n) is 15.3. The molecule has 0 fully saturated rings. The van der Waals surface area contributed by atoms with Crippen molar-refractivity contribution in [3.8, 4) is 5.75 Å². The molecule has 0 saturated carbocycles. The summed E-state index contributed by atoms with van der Waals surface area (Å²) in [7, 11) is 0. The van der Waals surface area contributed by atoms with Crippen molar-refractivity contribution >= 4 is 29.4 Å². The van der Waals surface area contributed by atoms with Crippen LogP contribution < -0.4 is 9.64 Å². The summed E-state index contributed by atoms with van der Waals surface area (Å²) in [5.74, 6) is -12.9. The van der Waals surface area contributed by atoms with Gasteiger partial charge >= 0.3 is 11.9 Å². The zero-order valence-corrected chi connectivity index (χ0v) is 15.3. The number of amides is 2. The van der Waals surface area contributed by atoms with Gasteiger partial charge in [0.1, 0.15) is 0 Å². The number of anilines is 1. The number of aromatic carboxylic acids is 1. The SMILES string of the molecule is O=C(CCc1ccc(N2C(=O)C=CC2=O)cc1C(=O)O)Oc1c(F)c(F)cc(F)c1F. The standard InChI is InChI=1S/C20H11F4NO6/c21-12-8-13(22)18(24)19(17(12)23)31-16(28)6-2-9-1-3-10(7-11(9)20(29)30)25-14(26)4-5-15(25)27/h1,3-5,7-8H,2,6H2,(H,29,30). The van der Waals surface area contributed by atoms with Crippen LogP contribution in [0.15, 0.2) is 36.4 Å². The van der Waals surface area contributed by atoms with Crippen molar-refractivity contribution in [2.24, 2.45) is 0 Å². The second kappa shape index (κ2) is 8.38. The fraction of sp³-hybridized carbons (Fsp3) is 0.100. The first-order chi connectivity index (χ1) is 14.6.